The number of para-hydroxylation sites is 1. The van der Waals surface area contributed by atoms with E-state index in [9.17, 15) is 9.18 Å². The fourth-order valence-electron chi connectivity index (χ4n) is 2.35. The number of thioether (sulfide) groups is 1. The van der Waals surface area contributed by atoms with E-state index in [1.165, 1.54) is 18.2 Å². The molecule has 0 aromatic heterocycles. The van der Waals surface area contributed by atoms with Gasteiger partial charge in [-0.3, -0.25) is 4.79 Å². The van der Waals surface area contributed by atoms with Crippen molar-refractivity contribution < 1.29 is 9.18 Å². The fourth-order valence-corrected chi connectivity index (χ4v) is 3.50. The summed E-state index contributed by atoms with van der Waals surface area (Å²) >= 11 is 7.47. The third kappa shape index (κ3) is 2.92. The van der Waals surface area contributed by atoms with Crippen molar-refractivity contribution in [2.75, 3.05) is 17.2 Å². The minimum atomic E-state index is -0.582. The lowest BCUT2D eigenvalue weighted by Crippen LogP contribution is -2.32. The monoisotopic (exact) mass is 321 g/mol. The molecule has 2 aromatic carbocycles. The highest BCUT2D eigenvalue weighted by atomic mass is 35.5. The number of nitrogens with zero attached hydrogens (tertiary/aromatic N) is 1. The van der Waals surface area contributed by atoms with Gasteiger partial charge in [0.1, 0.15) is 5.82 Å². The molecule has 0 saturated heterocycles. The minimum absolute atomic E-state index is 0.0566. The maximum absolute atomic E-state index is 14.0. The van der Waals surface area contributed by atoms with Gasteiger partial charge in [0.2, 0.25) is 0 Å². The summed E-state index contributed by atoms with van der Waals surface area (Å²) in [7, 11) is 0. The van der Waals surface area contributed by atoms with Gasteiger partial charge in [0, 0.05) is 16.5 Å². The van der Waals surface area contributed by atoms with Crippen LogP contribution in [0.15, 0.2) is 47.4 Å². The van der Waals surface area contributed by atoms with E-state index < -0.39 is 5.82 Å². The Labute approximate surface area is 131 Å². The number of hydrogen-bond acceptors (Lipinski definition) is 2. The van der Waals surface area contributed by atoms with Crippen LogP contribution in [0.2, 0.25) is 5.02 Å². The molecule has 0 radical (unpaired) electrons. The molecule has 0 saturated carbocycles. The molecule has 0 bridgehead atoms. The number of benzene rings is 2. The molecular formula is C16H13ClFNOS. The van der Waals surface area contributed by atoms with Crippen LogP contribution in [0.25, 0.3) is 0 Å². The summed E-state index contributed by atoms with van der Waals surface area (Å²) in [6, 6.07) is 11.9. The van der Waals surface area contributed by atoms with Crippen LogP contribution in [0.5, 0.6) is 0 Å². The molecule has 0 N–H and O–H groups in total. The predicted molar refractivity (Wildman–Crippen MR) is 84.9 cm³/mol. The number of fused-ring (bicyclic) bond motifs is 1. The summed E-state index contributed by atoms with van der Waals surface area (Å²) in [4.78, 5) is 15.4. The van der Waals surface area contributed by atoms with Crippen LogP contribution in [-0.2, 0) is 0 Å². The molecule has 5 heteroatoms. The average Bonchev–Trinajstić information content (AvgIpc) is 2.69. The van der Waals surface area contributed by atoms with E-state index in [0.717, 1.165) is 22.8 Å². The average molecular weight is 322 g/mol. The summed E-state index contributed by atoms with van der Waals surface area (Å²) in [6.07, 6.45) is 0.875. The van der Waals surface area contributed by atoms with Crippen molar-refractivity contribution in [1.29, 1.82) is 0 Å². The standard InChI is InChI=1S/C16H13ClFNOS/c17-11-6-7-12(13(18)10-11)16(20)19-8-3-9-21-15-5-2-1-4-14(15)19/h1-2,4-7,10H,3,8-9H2. The molecule has 0 spiro atoms. The third-order valence-electron chi connectivity index (χ3n) is 3.35. The molecule has 1 amide bonds. The number of halogens is 2. The zero-order chi connectivity index (χ0) is 14.8. The Morgan fingerprint density at radius 1 is 1.24 bits per heavy atom. The molecule has 1 aliphatic rings. The molecule has 0 atom stereocenters. The maximum Gasteiger partial charge on any atom is 0.261 e. The summed E-state index contributed by atoms with van der Waals surface area (Å²) in [5.41, 5.74) is 0.903. The molecule has 108 valence electrons. The van der Waals surface area contributed by atoms with Crippen molar-refractivity contribution in [2.24, 2.45) is 0 Å². The van der Waals surface area contributed by atoms with Crippen LogP contribution in [0, 0.1) is 5.82 Å². The fraction of sp³-hybridized carbons (Fsp3) is 0.188. The Balaban J connectivity index is 2.01. The lowest BCUT2D eigenvalue weighted by Gasteiger charge is -2.22. The number of rotatable bonds is 1. The van der Waals surface area contributed by atoms with Crippen molar-refractivity contribution in [3.8, 4) is 0 Å². The van der Waals surface area contributed by atoms with Crippen LogP contribution in [0.1, 0.15) is 16.8 Å². The topological polar surface area (TPSA) is 20.3 Å². The number of anilines is 1. The molecule has 0 fully saturated rings. The Hall–Kier alpha value is -1.52. The second kappa shape index (κ2) is 6.08. The molecule has 2 nitrogen and oxygen atoms in total. The Morgan fingerprint density at radius 2 is 2.05 bits per heavy atom. The van der Waals surface area contributed by atoms with Gasteiger partial charge in [-0.15, -0.1) is 11.8 Å². The second-order valence-corrected chi connectivity index (χ2v) is 6.32. The van der Waals surface area contributed by atoms with Crippen molar-refractivity contribution in [3.05, 3.63) is 58.9 Å². The van der Waals surface area contributed by atoms with Gasteiger partial charge in [-0.2, -0.15) is 0 Å². The summed E-state index contributed by atoms with van der Waals surface area (Å²) in [6.45, 7) is 0.588. The lowest BCUT2D eigenvalue weighted by molar-refractivity contribution is 0.0983. The van der Waals surface area contributed by atoms with Gasteiger partial charge in [0.05, 0.1) is 11.3 Å². The van der Waals surface area contributed by atoms with Crippen molar-refractivity contribution >= 4 is 35.0 Å². The SMILES string of the molecule is O=C(c1ccc(Cl)cc1F)N1CCCSc2ccccc21. The number of carbonyl (C=O) groups is 1. The molecular weight excluding hydrogens is 309 g/mol. The van der Waals surface area contributed by atoms with Gasteiger partial charge < -0.3 is 4.90 Å². The zero-order valence-corrected chi connectivity index (χ0v) is 12.8. The van der Waals surface area contributed by atoms with Gasteiger partial charge >= 0.3 is 0 Å². The van der Waals surface area contributed by atoms with Gasteiger partial charge in [-0.05, 0) is 42.5 Å². The van der Waals surface area contributed by atoms with Crippen LogP contribution in [0.3, 0.4) is 0 Å². The van der Waals surface area contributed by atoms with Crippen molar-refractivity contribution in [2.45, 2.75) is 11.3 Å². The number of hydrogen-bond donors (Lipinski definition) is 0. The van der Waals surface area contributed by atoms with E-state index in [1.807, 2.05) is 24.3 Å². The van der Waals surface area contributed by atoms with E-state index in [0.29, 0.717) is 6.54 Å². The Bertz CT molecular complexity index is 692. The first-order valence-electron chi connectivity index (χ1n) is 6.65. The summed E-state index contributed by atoms with van der Waals surface area (Å²) < 4.78 is 14.0. The Morgan fingerprint density at radius 3 is 2.86 bits per heavy atom. The van der Waals surface area contributed by atoms with E-state index in [1.54, 1.807) is 16.7 Å². The zero-order valence-electron chi connectivity index (χ0n) is 11.2. The normalized spacial score (nSPS) is 14.5. The van der Waals surface area contributed by atoms with Gasteiger partial charge in [0.15, 0.2) is 0 Å². The van der Waals surface area contributed by atoms with E-state index >= 15 is 0 Å². The van der Waals surface area contributed by atoms with Gasteiger partial charge in [-0.25, -0.2) is 4.39 Å². The molecule has 1 aliphatic heterocycles. The van der Waals surface area contributed by atoms with E-state index in [2.05, 4.69) is 0 Å². The summed E-state index contributed by atoms with van der Waals surface area (Å²) in [5, 5.41) is 0.288. The first-order valence-corrected chi connectivity index (χ1v) is 8.02. The minimum Gasteiger partial charge on any atom is -0.307 e. The van der Waals surface area contributed by atoms with Crippen LogP contribution < -0.4 is 4.90 Å². The molecule has 0 unspecified atom stereocenters. The Kier molecular flexibility index (Phi) is 4.17. The molecule has 21 heavy (non-hydrogen) atoms. The van der Waals surface area contributed by atoms with Crippen LogP contribution in [0.4, 0.5) is 10.1 Å². The largest absolute Gasteiger partial charge is 0.307 e. The van der Waals surface area contributed by atoms with Crippen LogP contribution >= 0.6 is 23.4 Å². The smallest absolute Gasteiger partial charge is 0.261 e. The molecule has 3 rings (SSSR count). The van der Waals surface area contributed by atoms with Gasteiger partial charge in [0.25, 0.3) is 5.91 Å². The highest BCUT2D eigenvalue weighted by Crippen LogP contribution is 2.34. The van der Waals surface area contributed by atoms with Crippen molar-refractivity contribution in [1.82, 2.24) is 0 Å². The quantitative estimate of drug-likeness (QED) is 0.763. The molecule has 1 heterocycles. The van der Waals surface area contributed by atoms with Gasteiger partial charge in [-0.1, -0.05) is 23.7 Å². The second-order valence-electron chi connectivity index (χ2n) is 4.75. The molecule has 2 aromatic rings. The molecule has 0 aliphatic carbocycles. The number of amides is 1. The van der Waals surface area contributed by atoms with Crippen LogP contribution in [-0.4, -0.2) is 18.2 Å². The first-order chi connectivity index (χ1) is 10.2. The third-order valence-corrected chi connectivity index (χ3v) is 4.73. The predicted octanol–water partition coefficient (Wildman–Crippen LogP) is 4.62. The van der Waals surface area contributed by atoms with E-state index in [-0.39, 0.29) is 16.5 Å². The summed E-state index contributed by atoms with van der Waals surface area (Å²) in [5.74, 6) is 0.0465. The maximum atomic E-state index is 14.0. The highest BCUT2D eigenvalue weighted by molar-refractivity contribution is 7.99. The lowest BCUT2D eigenvalue weighted by atomic mass is 10.1. The first kappa shape index (κ1) is 14.4. The highest BCUT2D eigenvalue weighted by Gasteiger charge is 2.24. The van der Waals surface area contributed by atoms with Crippen molar-refractivity contribution in [3.63, 3.8) is 0 Å². The number of carbonyl (C=O) groups excluding carboxylic acids is 1. The van der Waals surface area contributed by atoms with E-state index in [4.69, 9.17) is 11.6 Å².